The Morgan fingerprint density at radius 1 is 1.45 bits per heavy atom. The summed E-state index contributed by atoms with van der Waals surface area (Å²) >= 11 is 1.39. The second-order valence-electron chi connectivity index (χ2n) is 5.73. The molecule has 0 spiro atoms. The van der Waals surface area contributed by atoms with Crippen LogP contribution in [0.15, 0.2) is 5.16 Å². The minimum atomic E-state index is -0.191. The molecule has 4 atom stereocenters. The van der Waals surface area contributed by atoms with Crippen LogP contribution in [0.5, 0.6) is 0 Å². The highest BCUT2D eigenvalue weighted by Gasteiger charge is 2.29. The van der Waals surface area contributed by atoms with Crippen LogP contribution in [-0.2, 0) is 11.8 Å². The predicted molar refractivity (Wildman–Crippen MR) is 78.2 cm³/mol. The molecule has 1 aromatic rings. The molecular formula is C13H23N5OS. The van der Waals surface area contributed by atoms with Gasteiger partial charge in [0, 0.05) is 13.1 Å². The van der Waals surface area contributed by atoms with Crippen LogP contribution in [0.3, 0.4) is 0 Å². The quantitative estimate of drug-likeness (QED) is 0.855. The average molecular weight is 297 g/mol. The van der Waals surface area contributed by atoms with Crippen molar-refractivity contribution in [3.8, 4) is 0 Å². The monoisotopic (exact) mass is 297 g/mol. The molecule has 1 aliphatic rings. The van der Waals surface area contributed by atoms with E-state index in [0.717, 1.165) is 6.42 Å². The molecule has 2 rings (SSSR count). The zero-order valence-electron chi connectivity index (χ0n) is 12.5. The first-order valence-corrected chi connectivity index (χ1v) is 8.06. The van der Waals surface area contributed by atoms with Crippen molar-refractivity contribution in [2.75, 3.05) is 0 Å². The van der Waals surface area contributed by atoms with Gasteiger partial charge in [-0.15, -0.1) is 5.10 Å². The van der Waals surface area contributed by atoms with Gasteiger partial charge in [0.1, 0.15) is 0 Å². The van der Waals surface area contributed by atoms with Gasteiger partial charge in [0.25, 0.3) is 0 Å². The third-order valence-corrected chi connectivity index (χ3v) is 5.39. The normalized spacial score (nSPS) is 28.1. The molecule has 7 heteroatoms. The molecule has 0 aliphatic heterocycles. The first-order valence-electron chi connectivity index (χ1n) is 7.18. The fourth-order valence-electron chi connectivity index (χ4n) is 2.62. The van der Waals surface area contributed by atoms with Gasteiger partial charge in [0.2, 0.25) is 11.1 Å². The number of carbonyl (C=O) groups excluding carboxylic acids is 1. The number of aromatic nitrogens is 4. The van der Waals surface area contributed by atoms with Gasteiger partial charge in [0.15, 0.2) is 0 Å². The van der Waals surface area contributed by atoms with Gasteiger partial charge in [-0.2, -0.15) is 0 Å². The third kappa shape index (κ3) is 3.50. The standard InChI is InChI=1S/C13H23N5OS/c1-8-6-5-7-11(9(8)2)14-12(19)10(3)20-13-15-16-17-18(13)4/h8-11H,5-7H2,1-4H3,(H,14,19)/t8-,9+,10+,11+/m0/s1. The van der Waals surface area contributed by atoms with Crippen LogP contribution >= 0.6 is 11.8 Å². The summed E-state index contributed by atoms with van der Waals surface area (Å²) in [6, 6.07) is 0.298. The number of thioether (sulfide) groups is 1. The van der Waals surface area contributed by atoms with E-state index in [1.54, 1.807) is 11.7 Å². The molecule has 1 saturated carbocycles. The minimum Gasteiger partial charge on any atom is -0.352 e. The molecule has 1 amide bonds. The van der Waals surface area contributed by atoms with Crippen LogP contribution in [0.4, 0.5) is 0 Å². The number of rotatable bonds is 4. The summed E-state index contributed by atoms with van der Waals surface area (Å²) < 4.78 is 1.58. The fraction of sp³-hybridized carbons (Fsp3) is 0.846. The van der Waals surface area contributed by atoms with E-state index in [9.17, 15) is 4.79 Å². The average Bonchev–Trinajstić information content (AvgIpc) is 2.80. The molecular weight excluding hydrogens is 274 g/mol. The number of amides is 1. The second-order valence-corrected chi connectivity index (χ2v) is 7.04. The summed E-state index contributed by atoms with van der Waals surface area (Å²) in [5.74, 6) is 1.30. The van der Waals surface area contributed by atoms with Crippen LogP contribution < -0.4 is 5.32 Å². The minimum absolute atomic E-state index is 0.0731. The number of carbonyl (C=O) groups is 1. The Balaban J connectivity index is 1.89. The van der Waals surface area contributed by atoms with Crippen LogP contribution in [0.25, 0.3) is 0 Å². The van der Waals surface area contributed by atoms with Gasteiger partial charge in [0.05, 0.1) is 5.25 Å². The largest absolute Gasteiger partial charge is 0.352 e. The molecule has 1 N–H and O–H groups in total. The third-order valence-electron chi connectivity index (χ3n) is 4.27. The highest BCUT2D eigenvalue weighted by molar-refractivity contribution is 8.00. The molecule has 1 heterocycles. The molecule has 1 aromatic heterocycles. The Bertz CT molecular complexity index is 463. The Labute approximate surface area is 124 Å². The van der Waals surface area contributed by atoms with Crippen molar-refractivity contribution < 1.29 is 4.79 Å². The molecule has 0 bridgehead atoms. The summed E-state index contributed by atoms with van der Waals surface area (Å²) in [4.78, 5) is 12.3. The highest BCUT2D eigenvalue weighted by atomic mass is 32.2. The zero-order chi connectivity index (χ0) is 14.7. The molecule has 20 heavy (non-hydrogen) atoms. The maximum absolute atomic E-state index is 12.3. The predicted octanol–water partition coefficient (Wildman–Crippen LogP) is 1.63. The lowest BCUT2D eigenvalue weighted by Crippen LogP contribution is -2.46. The molecule has 112 valence electrons. The van der Waals surface area contributed by atoms with Crippen molar-refractivity contribution >= 4 is 17.7 Å². The summed E-state index contributed by atoms with van der Waals surface area (Å²) in [5.41, 5.74) is 0. The van der Waals surface area contributed by atoms with Crippen molar-refractivity contribution in [2.45, 2.75) is 56.5 Å². The van der Waals surface area contributed by atoms with Gasteiger partial charge in [-0.05, 0) is 35.6 Å². The SMILES string of the molecule is C[C@@H]1[C@@H](C)CCC[C@H]1NC(=O)[C@@H](C)Sc1nnnn1C. The summed E-state index contributed by atoms with van der Waals surface area (Å²) in [6.07, 6.45) is 3.55. The van der Waals surface area contributed by atoms with E-state index < -0.39 is 0 Å². The Kier molecular flexibility index (Phi) is 5.01. The number of nitrogens with zero attached hydrogens (tertiary/aromatic N) is 4. The van der Waals surface area contributed by atoms with Gasteiger partial charge >= 0.3 is 0 Å². The molecule has 0 unspecified atom stereocenters. The van der Waals surface area contributed by atoms with E-state index in [4.69, 9.17) is 0 Å². The lowest BCUT2D eigenvalue weighted by atomic mass is 9.78. The van der Waals surface area contributed by atoms with Crippen molar-refractivity contribution in [1.82, 2.24) is 25.5 Å². The Morgan fingerprint density at radius 2 is 2.20 bits per heavy atom. The maximum Gasteiger partial charge on any atom is 0.233 e. The molecule has 0 radical (unpaired) electrons. The molecule has 1 aliphatic carbocycles. The lowest BCUT2D eigenvalue weighted by molar-refractivity contribution is -0.121. The van der Waals surface area contributed by atoms with Crippen LogP contribution in [0.1, 0.15) is 40.0 Å². The highest BCUT2D eigenvalue weighted by Crippen LogP contribution is 2.30. The van der Waals surface area contributed by atoms with Crippen molar-refractivity contribution in [2.24, 2.45) is 18.9 Å². The maximum atomic E-state index is 12.3. The number of tetrazole rings is 1. The second kappa shape index (κ2) is 6.56. The van der Waals surface area contributed by atoms with Crippen molar-refractivity contribution in [3.05, 3.63) is 0 Å². The smallest absolute Gasteiger partial charge is 0.233 e. The summed E-state index contributed by atoms with van der Waals surface area (Å²) in [5, 5.41) is 14.9. The molecule has 6 nitrogen and oxygen atoms in total. The van der Waals surface area contributed by atoms with Gasteiger partial charge in [-0.1, -0.05) is 38.5 Å². The molecule has 1 fully saturated rings. The van der Waals surface area contributed by atoms with Gasteiger partial charge in [-0.3, -0.25) is 4.79 Å². The first-order chi connectivity index (χ1) is 9.49. The first kappa shape index (κ1) is 15.3. The number of hydrogen-bond acceptors (Lipinski definition) is 5. The van der Waals surface area contributed by atoms with Gasteiger partial charge < -0.3 is 5.32 Å². The number of nitrogens with one attached hydrogen (secondary N) is 1. The van der Waals surface area contributed by atoms with Gasteiger partial charge in [-0.25, -0.2) is 4.68 Å². The number of hydrogen-bond donors (Lipinski definition) is 1. The van der Waals surface area contributed by atoms with Crippen molar-refractivity contribution in [1.29, 1.82) is 0 Å². The van der Waals surface area contributed by atoms with E-state index in [0.29, 0.717) is 23.0 Å². The lowest BCUT2D eigenvalue weighted by Gasteiger charge is -2.35. The zero-order valence-corrected chi connectivity index (χ0v) is 13.4. The summed E-state index contributed by atoms with van der Waals surface area (Å²) in [6.45, 7) is 6.40. The van der Waals surface area contributed by atoms with E-state index in [-0.39, 0.29) is 11.2 Å². The molecule has 0 aromatic carbocycles. The van der Waals surface area contributed by atoms with E-state index >= 15 is 0 Å². The van der Waals surface area contributed by atoms with Crippen LogP contribution in [0, 0.1) is 11.8 Å². The van der Waals surface area contributed by atoms with Crippen molar-refractivity contribution in [3.63, 3.8) is 0 Å². The molecule has 0 saturated heterocycles. The fourth-order valence-corrected chi connectivity index (χ4v) is 3.38. The van der Waals surface area contributed by atoms with Crippen LogP contribution in [-0.4, -0.2) is 37.4 Å². The van der Waals surface area contributed by atoms with Crippen LogP contribution in [0.2, 0.25) is 0 Å². The summed E-state index contributed by atoms with van der Waals surface area (Å²) in [7, 11) is 1.78. The van der Waals surface area contributed by atoms with E-state index in [1.807, 2.05) is 6.92 Å². The number of aryl methyl sites for hydroxylation is 1. The van der Waals surface area contributed by atoms with E-state index in [1.165, 1.54) is 24.6 Å². The Hall–Kier alpha value is -1.11. The Morgan fingerprint density at radius 3 is 2.85 bits per heavy atom. The topological polar surface area (TPSA) is 72.7 Å². The van der Waals surface area contributed by atoms with E-state index in [2.05, 4.69) is 34.7 Å².